The van der Waals surface area contributed by atoms with Crippen LogP contribution < -0.4 is 20.5 Å². The highest BCUT2D eigenvalue weighted by molar-refractivity contribution is 6.00. The molecule has 1 unspecified atom stereocenters. The maximum atomic E-state index is 13.8. The largest absolute Gasteiger partial charge is 0.493 e. The number of hydrogen-bond acceptors (Lipinski definition) is 6. The van der Waals surface area contributed by atoms with Crippen LogP contribution in [0.5, 0.6) is 11.5 Å². The quantitative estimate of drug-likeness (QED) is 0.513. The number of carbonyl (C=O) groups is 2. The molecule has 212 valence electrons. The number of rotatable bonds is 1. The molecular weight excluding hydrogens is 504 g/mol. The minimum absolute atomic E-state index is 0.0142. The predicted octanol–water partition coefficient (Wildman–Crippen LogP) is 5.21. The Hall–Kier alpha value is -3.55. The second-order valence-electron chi connectivity index (χ2n) is 12.5. The van der Waals surface area contributed by atoms with Gasteiger partial charge >= 0.3 is 0 Å². The maximum Gasteiger partial charge on any atom is 0.251 e. The molecular formula is C32H40N4O4. The standard InChI is InChI=1S/C32H40N4O4/c1-5-32-18-28(37)36(30(33)35-32)25-13-14-39-26-12-10-21(16-23(25)26)29(38)34-24-17-31(3,4)40-27-11-9-20(15-22(24)27)8-6-7-19(32)2/h9-12,15-16,19,24-25H,5-8,13-14,17-18H2,1-4H3,(H2,33,35)(H,34,38)/t19?,24-,25+,32-/m0/s1. The first-order valence-corrected chi connectivity index (χ1v) is 14.7. The van der Waals surface area contributed by atoms with Crippen molar-refractivity contribution < 1.29 is 19.1 Å². The third-order valence-electron chi connectivity index (χ3n) is 9.37. The summed E-state index contributed by atoms with van der Waals surface area (Å²) in [4.78, 5) is 34.2. The van der Waals surface area contributed by atoms with Gasteiger partial charge < -0.3 is 20.5 Å². The van der Waals surface area contributed by atoms with Gasteiger partial charge in [0.05, 0.1) is 30.7 Å². The Morgan fingerprint density at radius 2 is 1.90 bits per heavy atom. The SMILES string of the molecule is CC[C@@]12CC(=O)N(C(N)=N1)[C@@H]1CCOc3ccc(cc31)C(=O)N[C@H]1CC(C)(C)Oc3ccc(cc31)CCCC2C. The first-order valence-electron chi connectivity index (χ1n) is 14.7. The Morgan fingerprint density at radius 3 is 2.67 bits per heavy atom. The second kappa shape index (κ2) is 9.82. The zero-order chi connectivity index (χ0) is 28.2. The third-order valence-corrected chi connectivity index (χ3v) is 9.37. The van der Waals surface area contributed by atoms with Crippen molar-refractivity contribution in [3.8, 4) is 11.5 Å². The van der Waals surface area contributed by atoms with Crippen molar-refractivity contribution in [2.24, 2.45) is 16.6 Å². The van der Waals surface area contributed by atoms with Crippen LogP contribution in [-0.2, 0) is 11.2 Å². The van der Waals surface area contributed by atoms with Gasteiger partial charge in [0, 0.05) is 29.5 Å². The van der Waals surface area contributed by atoms with Gasteiger partial charge in [-0.3, -0.25) is 14.5 Å². The van der Waals surface area contributed by atoms with Gasteiger partial charge in [-0.2, -0.15) is 0 Å². The van der Waals surface area contributed by atoms with Crippen molar-refractivity contribution in [1.82, 2.24) is 10.2 Å². The highest BCUT2D eigenvalue weighted by Crippen LogP contribution is 2.44. The van der Waals surface area contributed by atoms with Gasteiger partial charge in [0.1, 0.15) is 17.1 Å². The van der Waals surface area contributed by atoms with Crippen LogP contribution in [0.4, 0.5) is 0 Å². The highest BCUT2D eigenvalue weighted by Gasteiger charge is 2.45. The first-order chi connectivity index (χ1) is 19.1. The van der Waals surface area contributed by atoms with E-state index < -0.39 is 11.1 Å². The fourth-order valence-electron chi connectivity index (χ4n) is 7.06. The van der Waals surface area contributed by atoms with E-state index in [1.807, 2.05) is 18.2 Å². The zero-order valence-electron chi connectivity index (χ0n) is 24.0. The number of amides is 2. The van der Waals surface area contributed by atoms with Crippen LogP contribution in [0.3, 0.4) is 0 Å². The number of benzene rings is 2. The van der Waals surface area contributed by atoms with Crippen LogP contribution in [0.25, 0.3) is 0 Å². The summed E-state index contributed by atoms with van der Waals surface area (Å²) in [7, 11) is 0. The molecule has 5 heterocycles. The minimum Gasteiger partial charge on any atom is -0.493 e. The van der Waals surface area contributed by atoms with E-state index in [9.17, 15) is 9.59 Å². The van der Waals surface area contributed by atoms with Crippen molar-refractivity contribution in [3.05, 3.63) is 58.7 Å². The van der Waals surface area contributed by atoms with Crippen LogP contribution in [-0.4, -0.2) is 40.4 Å². The van der Waals surface area contributed by atoms with Gasteiger partial charge in [0.2, 0.25) is 5.91 Å². The number of fused-ring (bicyclic) bond motifs is 5. The van der Waals surface area contributed by atoms with E-state index >= 15 is 0 Å². The molecule has 0 aliphatic carbocycles. The average molecular weight is 545 g/mol. The second-order valence-corrected chi connectivity index (χ2v) is 12.5. The lowest BCUT2D eigenvalue weighted by molar-refractivity contribution is -0.132. The topological polar surface area (TPSA) is 106 Å². The molecule has 40 heavy (non-hydrogen) atoms. The molecule has 8 heteroatoms. The molecule has 2 amide bonds. The molecule has 0 fully saturated rings. The molecule has 0 spiro atoms. The van der Waals surface area contributed by atoms with E-state index in [1.54, 1.807) is 11.0 Å². The number of ether oxygens (including phenoxy) is 2. The summed E-state index contributed by atoms with van der Waals surface area (Å²) in [6, 6.07) is 11.3. The van der Waals surface area contributed by atoms with E-state index in [-0.39, 0.29) is 35.8 Å². The maximum absolute atomic E-state index is 13.8. The number of guanidine groups is 1. The number of nitrogens with zero attached hydrogens (tertiary/aromatic N) is 2. The van der Waals surface area contributed by atoms with Crippen LogP contribution in [0.15, 0.2) is 41.4 Å². The van der Waals surface area contributed by atoms with Crippen LogP contribution >= 0.6 is 0 Å². The summed E-state index contributed by atoms with van der Waals surface area (Å²) in [6.45, 7) is 8.87. The van der Waals surface area contributed by atoms with Gasteiger partial charge in [-0.05, 0) is 75.3 Å². The van der Waals surface area contributed by atoms with Gasteiger partial charge in [0.25, 0.3) is 5.91 Å². The lowest BCUT2D eigenvalue weighted by atomic mass is 9.76. The molecule has 4 atom stereocenters. The van der Waals surface area contributed by atoms with Crippen molar-refractivity contribution in [3.63, 3.8) is 0 Å². The van der Waals surface area contributed by atoms with E-state index in [4.69, 9.17) is 20.2 Å². The molecule has 5 aliphatic rings. The average Bonchev–Trinajstić information content (AvgIpc) is 2.91. The number of nitrogens with one attached hydrogen (secondary N) is 1. The molecule has 0 radical (unpaired) electrons. The Balaban J connectivity index is 1.46. The Morgan fingerprint density at radius 1 is 1.10 bits per heavy atom. The molecule has 8 nitrogen and oxygen atoms in total. The van der Waals surface area contributed by atoms with E-state index in [0.717, 1.165) is 42.6 Å². The molecule has 6 bridgehead atoms. The van der Waals surface area contributed by atoms with Crippen LogP contribution in [0, 0.1) is 5.92 Å². The summed E-state index contributed by atoms with van der Waals surface area (Å²) in [5.74, 6) is 1.78. The normalized spacial score (nSPS) is 29.4. The fourth-order valence-corrected chi connectivity index (χ4v) is 7.06. The van der Waals surface area contributed by atoms with Crippen molar-refractivity contribution in [1.29, 1.82) is 0 Å². The van der Waals surface area contributed by atoms with Crippen molar-refractivity contribution in [2.75, 3.05) is 6.61 Å². The van der Waals surface area contributed by atoms with Gasteiger partial charge in [-0.25, -0.2) is 4.99 Å². The van der Waals surface area contributed by atoms with E-state index in [0.29, 0.717) is 37.2 Å². The minimum atomic E-state index is -0.515. The van der Waals surface area contributed by atoms with Crippen molar-refractivity contribution >= 4 is 17.8 Å². The lowest BCUT2D eigenvalue weighted by Crippen LogP contribution is -2.55. The molecule has 3 N–H and O–H groups in total. The summed E-state index contributed by atoms with van der Waals surface area (Å²) < 4.78 is 12.3. The Labute approximate surface area is 236 Å². The summed E-state index contributed by atoms with van der Waals surface area (Å²) in [5.41, 5.74) is 9.23. The molecule has 2 aromatic rings. The van der Waals surface area contributed by atoms with Crippen LogP contribution in [0.2, 0.25) is 0 Å². The van der Waals surface area contributed by atoms with E-state index in [2.05, 4.69) is 45.1 Å². The number of carbonyl (C=O) groups excluding carboxylic acids is 2. The molecule has 7 rings (SSSR count). The number of aryl methyl sites for hydroxylation is 1. The predicted molar refractivity (Wildman–Crippen MR) is 153 cm³/mol. The molecule has 0 saturated carbocycles. The Bertz CT molecular complexity index is 1380. The van der Waals surface area contributed by atoms with Crippen molar-refractivity contribution in [2.45, 2.75) is 95.9 Å². The smallest absolute Gasteiger partial charge is 0.251 e. The van der Waals surface area contributed by atoms with Crippen LogP contribution in [0.1, 0.15) is 105 Å². The number of hydrogen-bond donors (Lipinski definition) is 2. The lowest BCUT2D eigenvalue weighted by Gasteiger charge is -2.44. The molecule has 0 aromatic heterocycles. The number of nitrogens with two attached hydrogens (primary N) is 1. The van der Waals surface area contributed by atoms with Gasteiger partial charge in [0.15, 0.2) is 5.96 Å². The molecule has 5 aliphatic heterocycles. The Kier molecular flexibility index (Phi) is 6.55. The monoisotopic (exact) mass is 544 g/mol. The fraction of sp³-hybridized carbons (Fsp3) is 0.531. The van der Waals surface area contributed by atoms with E-state index in [1.165, 1.54) is 5.56 Å². The molecule has 2 aromatic carbocycles. The first kappa shape index (κ1) is 26.7. The highest BCUT2D eigenvalue weighted by atomic mass is 16.5. The summed E-state index contributed by atoms with van der Waals surface area (Å²) >= 11 is 0. The summed E-state index contributed by atoms with van der Waals surface area (Å²) in [6.07, 6.45) is 5.11. The number of aliphatic imine (C=N–C) groups is 1. The third kappa shape index (κ3) is 4.61. The molecule has 0 saturated heterocycles. The summed E-state index contributed by atoms with van der Waals surface area (Å²) in [5, 5.41) is 3.29. The van der Waals surface area contributed by atoms with Gasteiger partial charge in [-0.15, -0.1) is 0 Å². The zero-order valence-corrected chi connectivity index (χ0v) is 24.0. The van der Waals surface area contributed by atoms with Gasteiger partial charge in [-0.1, -0.05) is 26.0 Å².